The van der Waals surface area contributed by atoms with Gasteiger partial charge in [-0.1, -0.05) is 24.6 Å². The van der Waals surface area contributed by atoms with Gasteiger partial charge >= 0.3 is 0 Å². The van der Waals surface area contributed by atoms with Crippen LogP contribution in [-0.2, 0) is 11.3 Å². The van der Waals surface area contributed by atoms with Crippen LogP contribution in [0.4, 0.5) is 0 Å². The van der Waals surface area contributed by atoms with Gasteiger partial charge in [-0.2, -0.15) is 0 Å². The zero-order valence-corrected chi connectivity index (χ0v) is 13.1. The van der Waals surface area contributed by atoms with Gasteiger partial charge in [-0.3, -0.25) is 0 Å². The van der Waals surface area contributed by atoms with Crippen LogP contribution in [0.5, 0.6) is 0 Å². The van der Waals surface area contributed by atoms with Gasteiger partial charge in [-0.25, -0.2) is 0 Å². The van der Waals surface area contributed by atoms with Crippen molar-refractivity contribution < 1.29 is 9.84 Å². The van der Waals surface area contributed by atoms with Crippen molar-refractivity contribution in [2.24, 2.45) is 0 Å². The van der Waals surface area contributed by atoms with Gasteiger partial charge in [0.1, 0.15) is 0 Å². The van der Waals surface area contributed by atoms with Crippen LogP contribution in [0.25, 0.3) is 0 Å². The third kappa shape index (κ3) is 6.63. The van der Waals surface area contributed by atoms with E-state index in [1.54, 1.807) is 18.9 Å². The third-order valence-electron chi connectivity index (χ3n) is 2.67. The number of halogens is 1. The van der Waals surface area contributed by atoms with E-state index in [4.69, 9.17) is 21.4 Å². The Balaban J connectivity index is 2.49. The van der Waals surface area contributed by atoms with Gasteiger partial charge in [-0.05, 0) is 24.1 Å². The van der Waals surface area contributed by atoms with Crippen LogP contribution in [0.1, 0.15) is 18.9 Å². The van der Waals surface area contributed by atoms with Crippen molar-refractivity contribution in [3.8, 4) is 0 Å². The van der Waals surface area contributed by atoms with Crippen molar-refractivity contribution in [1.29, 1.82) is 0 Å². The summed E-state index contributed by atoms with van der Waals surface area (Å²) >= 11 is 7.98. The Morgan fingerprint density at radius 2 is 2.26 bits per heavy atom. The van der Waals surface area contributed by atoms with Gasteiger partial charge in [0, 0.05) is 37.0 Å². The van der Waals surface area contributed by atoms with E-state index in [0.29, 0.717) is 11.9 Å². The van der Waals surface area contributed by atoms with E-state index >= 15 is 0 Å². The zero-order chi connectivity index (χ0) is 14.1. The first-order valence-electron chi connectivity index (χ1n) is 6.43. The minimum Gasteiger partial charge on any atom is -0.396 e. The Kier molecular flexibility index (Phi) is 8.50. The van der Waals surface area contributed by atoms with Gasteiger partial charge in [0.05, 0.1) is 11.6 Å². The van der Waals surface area contributed by atoms with E-state index in [0.717, 1.165) is 29.4 Å². The summed E-state index contributed by atoms with van der Waals surface area (Å²) < 4.78 is 4.98. The first kappa shape index (κ1) is 16.8. The number of hydrogen-bond acceptors (Lipinski definition) is 4. The molecule has 0 saturated carbocycles. The highest BCUT2D eigenvalue weighted by atomic mass is 35.5. The minimum absolute atomic E-state index is 0.216. The number of methoxy groups -OCH3 is 1. The molecule has 1 unspecified atom stereocenters. The molecule has 2 N–H and O–H groups in total. The first-order valence-corrected chi connectivity index (χ1v) is 7.68. The molecule has 0 aliphatic heterocycles. The summed E-state index contributed by atoms with van der Waals surface area (Å²) in [6.07, 6.45) is 0.779. The Bertz CT molecular complexity index is 376. The fourth-order valence-electron chi connectivity index (χ4n) is 1.61. The number of benzene rings is 1. The van der Waals surface area contributed by atoms with Crippen molar-refractivity contribution >= 4 is 23.4 Å². The molecule has 1 atom stereocenters. The average molecular weight is 304 g/mol. The number of rotatable bonds is 9. The van der Waals surface area contributed by atoms with E-state index in [2.05, 4.69) is 18.3 Å². The van der Waals surface area contributed by atoms with Crippen LogP contribution < -0.4 is 5.32 Å². The number of nitrogens with one attached hydrogen (secondary N) is 1. The summed E-state index contributed by atoms with van der Waals surface area (Å²) in [6, 6.07) is 6.13. The molecule has 108 valence electrons. The molecule has 0 radical (unpaired) electrons. The summed E-state index contributed by atoms with van der Waals surface area (Å²) in [7, 11) is 1.69. The molecule has 1 aromatic carbocycles. The molecule has 0 heterocycles. The Morgan fingerprint density at radius 3 is 2.89 bits per heavy atom. The lowest BCUT2D eigenvalue weighted by atomic mass is 10.2. The standard InChI is InChI=1S/C14H22ClNO2S/c1-11(5-7-17)19-14-4-3-12(9-13(14)15)10-16-6-8-18-2/h3-4,9,11,16-17H,5-8,10H2,1-2H3. The topological polar surface area (TPSA) is 41.5 Å². The predicted octanol–water partition coefficient (Wildman–Crippen LogP) is 2.94. The fraction of sp³-hybridized carbons (Fsp3) is 0.571. The van der Waals surface area contributed by atoms with E-state index in [1.165, 1.54) is 5.56 Å². The molecule has 0 aliphatic rings. The van der Waals surface area contributed by atoms with Gasteiger partial charge in [0.15, 0.2) is 0 Å². The minimum atomic E-state index is 0.216. The predicted molar refractivity (Wildman–Crippen MR) is 82.1 cm³/mol. The monoisotopic (exact) mass is 303 g/mol. The number of ether oxygens (including phenoxy) is 1. The molecule has 0 spiro atoms. The quantitative estimate of drug-likeness (QED) is 0.544. The molecule has 0 fully saturated rings. The van der Waals surface area contributed by atoms with Crippen molar-refractivity contribution in [2.75, 3.05) is 26.9 Å². The van der Waals surface area contributed by atoms with Crippen molar-refractivity contribution in [3.05, 3.63) is 28.8 Å². The molecule has 3 nitrogen and oxygen atoms in total. The largest absolute Gasteiger partial charge is 0.396 e. The highest BCUT2D eigenvalue weighted by Crippen LogP contribution is 2.32. The molecule has 1 rings (SSSR count). The normalized spacial score (nSPS) is 12.6. The lowest BCUT2D eigenvalue weighted by molar-refractivity contribution is 0.199. The van der Waals surface area contributed by atoms with Gasteiger partial charge < -0.3 is 15.2 Å². The van der Waals surface area contributed by atoms with Crippen LogP contribution in [0.2, 0.25) is 5.02 Å². The van der Waals surface area contributed by atoms with Gasteiger partial charge in [0.25, 0.3) is 0 Å². The van der Waals surface area contributed by atoms with Crippen LogP contribution in [0.3, 0.4) is 0 Å². The van der Waals surface area contributed by atoms with Gasteiger partial charge in [-0.15, -0.1) is 11.8 Å². The van der Waals surface area contributed by atoms with Crippen molar-refractivity contribution in [3.63, 3.8) is 0 Å². The first-order chi connectivity index (χ1) is 9.17. The maximum absolute atomic E-state index is 8.90. The Morgan fingerprint density at radius 1 is 1.47 bits per heavy atom. The lowest BCUT2D eigenvalue weighted by Crippen LogP contribution is -2.18. The number of aliphatic hydroxyl groups is 1. The maximum Gasteiger partial charge on any atom is 0.0587 e. The van der Waals surface area contributed by atoms with Crippen LogP contribution in [0, 0.1) is 0 Å². The van der Waals surface area contributed by atoms with E-state index in [9.17, 15) is 0 Å². The molecular weight excluding hydrogens is 282 g/mol. The molecule has 0 bridgehead atoms. The summed E-state index contributed by atoms with van der Waals surface area (Å²) in [5, 5.41) is 13.3. The Labute approximate surface area is 124 Å². The lowest BCUT2D eigenvalue weighted by Gasteiger charge is -2.12. The summed E-state index contributed by atoms with van der Waals surface area (Å²) in [6.45, 7) is 4.64. The third-order valence-corrected chi connectivity index (χ3v) is 4.34. The molecule has 0 aliphatic carbocycles. The van der Waals surface area contributed by atoms with E-state index in [-0.39, 0.29) is 6.61 Å². The zero-order valence-electron chi connectivity index (χ0n) is 11.5. The van der Waals surface area contributed by atoms with Crippen molar-refractivity contribution in [1.82, 2.24) is 5.32 Å². The molecular formula is C14H22ClNO2S. The highest BCUT2D eigenvalue weighted by molar-refractivity contribution is 8.00. The summed E-state index contributed by atoms with van der Waals surface area (Å²) in [5.41, 5.74) is 1.17. The average Bonchev–Trinajstić information content (AvgIpc) is 2.38. The maximum atomic E-state index is 8.90. The molecule has 19 heavy (non-hydrogen) atoms. The van der Waals surface area contributed by atoms with Crippen LogP contribution in [0.15, 0.2) is 23.1 Å². The van der Waals surface area contributed by atoms with E-state index < -0.39 is 0 Å². The molecule has 0 saturated heterocycles. The number of thioether (sulfide) groups is 1. The highest BCUT2D eigenvalue weighted by Gasteiger charge is 2.08. The van der Waals surface area contributed by atoms with Crippen molar-refractivity contribution in [2.45, 2.75) is 30.0 Å². The second-order valence-electron chi connectivity index (χ2n) is 4.38. The smallest absolute Gasteiger partial charge is 0.0587 e. The van der Waals surface area contributed by atoms with Gasteiger partial charge in [0.2, 0.25) is 0 Å². The van der Waals surface area contributed by atoms with E-state index in [1.807, 2.05) is 12.1 Å². The molecule has 0 amide bonds. The molecule has 0 aromatic heterocycles. The SMILES string of the molecule is COCCNCc1ccc(SC(C)CCO)c(Cl)c1. The van der Waals surface area contributed by atoms with Crippen LogP contribution in [-0.4, -0.2) is 37.2 Å². The summed E-state index contributed by atoms with van der Waals surface area (Å²) in [5.74, 6) is 0. The molecule has 5 heteroatoms. The fourth-order valence-corrected chi connectivity index (χ4v) is 2.93. The van der Waals surface area contributed by atoms with Crippen LogP contribution >= 0.6 is 23.4 Å². The second kappa shape index (κ2) is 9.61. The Hall–Kier alpha value is -0.260. The second-order valence-corrected chi connectivity index (χ2v) is 6.26. The summed E-state index contributed by atoms with van der Waals surface area (Å²) in [4.78, 5) is 1.07. The number of hydrogen-bond donors (Lipinski definition) is 2. The molecule has 1 aromatic rings. The number of aliphatic hydroxyl groups excluding tert-OH is 1.